The van der Waals surface area contributed by atoms with Gasteiger partial charge in [0.05, 0.1) is 30.7 Å². The number of hydrogen-bond acceptors (Lipinski definition) is 5. The van der Waals surface area contributed by atoms with Crippen molar-refractivity contribution in [3.05, 3.63) is 24.3 Å². The molecule has 0 bridgehead atoms. The first-order chi connectivity index (χ1) is 12.6. The Labute approximate surface area is 163 Å². The summed E-state index contributed by atoms with van der Waals surface area (Å²) < 4.78 is 34.5. The molecule has 0 heterocycles. The van der Waals surface area contributed by atoms with Gasteiger partial charge < -0.3 is 19.7 Å². The van der Waals surface area contributed by atoms with Crippen LogP contribution in [0.2, 0.25) is 0 Å². The summed E-state index contributed by atoms with van der Waals surface area (Å²) in [6.45, 7) is 9.13. The standard InChI is InChI=1S/C19H33N3O4S/c1-7-20-18(21-12-15-27(23,24)19(2,3)4)22(5)13-14-26-17-10-8-16(25-6)9-11-17/h8-11H,7,12-15H2,1-6H3,(H,20,21). The van der Waals surface area contributed by atoms with Gasteiger partial charge in [-0.05, 0) is 52.0 Å². The molecule has 7 nitrogen and oxygen atoms in total. The van der Waals surface area contributed by atoms with Gasteiger partial charge in [0.2, 0.25) is 0 Å². The Bertz CT molecular complexity index is 695. The molecule has 1 N–H and O–H groups in total. The number of nitrogens with zero attached hydrogens (tertiary/aromatic N) is 2. The molecule has 0 atom stereocenters. The Morgan fingerprint density at radius 3 is 2.30 bits per heavy atom. The SMILES string of the molecule is CCNC(=NCCS(=O)(=O)C(C)(C)C)N(C)CCOc1ccc(OC)cc1. The Balaban J connectivity index is 2.57. The molecule has 154 valence electrons. The van der Waals surface area contributed by atoms with Gasteiger partial charge in [-0.2, -0.15) is 0 Å². The number of sulfone groups is 1. The van der Waals surface area contributed by atoms with Crippen molar-refractivity contribution >= 4 is 15.8 Å². The van der Waals surface area contributed by atoms with E-state index >= 15 is 0 Å². The molecule has 0 amide bonds. The van der Waals surface area contributed by atoms with Crippen molar-refractivity contribution in [2.75, 3.05) is 46.2 Å². The maximum atomic E-state index is 12.2. The fourth-order valence-corrected chi connectivity index (χ4v) is 3.07. The minimum atomic E-state index is -3.18. The number of guanidine groups is 1. The van der Waals surface area contributed by atoms with Gasteiger partial charge in [-0.1, -0.05) is 0 Å². The monoisotopic (exact) mass is 399 g/mol. The fraction of sp³-hybridized carbons (Fsp3) is 0.632. The van der Waals surface area contributed by atoms with E-state index in [-0.39, 0.29) is 12.3 Å². The zero-order valence-electron chi connectivity index (χ0n) is 17.3. The van der Waals surface area contributed by atoms with Crippen molar-refractivity contribution in [2.45, 2.75) is 32.4 Å². The highest BCUT2D eigenvalue weighted by Crippen LogP contribution is 2.17. The third-order valence-corrected chi connectivity index (χ3v) is 6.59. The van der Waals surface area contributed by atoms with E-state index in [1.54, 1.807) is 27.9 Å². The maximum absolute atomic E-state index is 12.2. The van der Waals surface area contributed by atoms with Gasteiger partial charge in [0, 0.05) is 13.6 Å². The van der Waals surface area contributed by atoms with Gasteiger partial charge in [0.25, 0.3) is 0 Å². The molecule has 0 aromatic heterocycles. The van der Waals surface area contributed by atoms with Crippen LogP contribution >= 0.6 is 0 Å². The number of rotatable bonds is 9. The minimum Gasteiger partial charge on any atom is -0.497 e. The summed E-state index contributed by atoms with van der Waals surface area (Å²) in [5.74, 6) is 2.25. The van der Waals surface area contributed by atoms with Gasteiger partial charge in [0.15, 0.2) is 15.8 Å². The van der Waals surface area contributed by atoms with Crippen LogP contribution in [-0.4, -0.2) is 70.2 Å². The number of likely N-dealkylation sites (N-methyl/N-ethyl adjacent to an activating group) is 1. The first-order valence-corrected chi connectivity index (χ1v) is 10.7. The van der Waals surface area contributed by atoms with Crippen molar-refractivity contribution < 1.29 is 17.9 Å². The van der Waals surface area contributed by atoms with E-state index in [1.807, 2.05) is 43.1 Å². The molecule has 0 unspecified atom stereocenters. The Hall–Kier alpha value is -1.96. The van der Waals surface area contributed by atoms with E-state index in [4.69, 9.17) is 9.47 Å². The highest BCUT2D eigenvalue weighted by Gasteiger charge is 2.28. The second-order valence-corrected chi connectivity index (χ2v) is 9.97. The van der Waals surface area contributed by atoms with Crippen molar-refractivity contribution in [1.82, 2.24) is 10.2 Å². The van der Waals surface area contributed by atoms with E-state index in [0.29, 0.717) is 25.7 Å². The van der Waals surface area contributed by atoms with Gasteiger partial charge in [-0.15, -0.1) is 0 Å². The fourth-order valence-electron chi connectivity index (χ4n) is 2.13. The van der Waals surface area contributed by atoms with Crippen LogP contribution in [0.1, 0.15) is 27.7 Å². The Kier molecular flexibility index (Phi) is 8.88. The molecule has 0 spiro atoms. The van der Waals surface area contributed by atoms with Crippen LogP contribution in [0.3, 0.4) is 0 Å². The van der Waals surface area contributed by atoms with Gasteiger partial charge >= 0.3 is 0 Å². The van der Waals surface area contributed by atoms with Crippen LogP contribution < -0.4 is 14.8 Å². The molecule has 8 heteroatoms. The van der Waals surface area contributed by atoms with Crippen molar-refractivity contribution in [3.8, 4) is 11.5 Å². The number of methoxy groups -OCH3 is 1. The third kappa shape index (κ3) is 7.66. The molecule has 27 heavy (non-hydrogen) atoms. The van der Waals surface area contributed by atoms with Gasteiger partial charge in [-0.3, -0.25) is 4.99 Å². The summed E-state index contributed by atoms with van der Waals surface area (Å²) in [7, 11) is 0.343. The lowest BCUT2D eigenvalue weighted by Crippen LogP contribution is -2.41. The lowest BCUT2D eigenvalue weighted by Gasteiger charge is -2.23. The lowest BCUT2D eigenvalue weighted by molar-refractivity contribution is 0.281. The lowest BCUT2D eigenvalue weighted by atomic mass is 10.3. The van der Waals surface area contributed by atoms with E-state index in [1.165, 1.54) is 0 Å². The summed E-state index contributed by atoms with van der Waals surface area (Å²) >= 11 is 0. The molecule has 0 aliphatic rings. The highest BCUT2D eigenvalue weighted by molar-refractivity contribution is 7.92. The maximum Gasteiger partial charge on any atom is 0.193 e. The molecule has 0 saturated carbocycles. The minimum absolute atomic E-state index is 0.0293. The normalized spacial score (nSPS) is 12.6. The second kappa shape index (κ2) is 10.4. The topological polar surface area (TPSA) is 80.2 Å². The van der Waals surface area contributed by atoms with Crippen LogP contribution in [0.4, 0.5) is 0 Å². The Morgan fingerprint density at radius 1 is 1.19 bits per heavy atom. The number of hydrogen-bond donors (Lipinski definition) is 1. The molecule has 1 aromatic carbocycles. The quantitative estimate of drug-likeness (QED) is 0.506. The summed E-state index contributed by atoms with van der Waals surface area (Å²) in [6.07, 6.45) is 0. The van der Waals surface area contributed by atoms with Crippen LogP contribution in [0, 0.1) is 0 Å². The van der Waals surface area contributed by atoms with E-state index in [9.17, 15) is 8.42 Å². The zero-order chi connectivity index (χ0) is 20.5. The van der Waals surface area contributed by atoms with Crippen LogP contribution in [0.15, 0.2) is 29.3 Å². The van der Waals surface area contributed by atoms with Crippen LogP contribution in [0.25, 0.3) is 0 Å². The van der Waals surface area contributed by atoms with Crippen LogP contribution in [-0.2, 0) is 9.84 Å². The van der Waals surface area contributed by atoms with Gasteiger partial charge in [-0.25, -0.2) is 8.42 Å². The molecule has 0 aliphatic heterocycles. The number of nitrogens with one attached hydrogen (secondary N) is 1. The molecule has 0 fully saturated rings. The van der Waals surface area contributed by atoms with Crippen LogP contribution in [0.5, 0.6) is 11.5 Å². The van der Waals surface area contributed by atoms with E-state index < -0.39 is 14.6 Å². The average molecular weight is 400 g/mol. The first-order valence-electron chi connectivity index (χ1n) is 9.09. The van der Waals surface area contributed by atoms with Gasteiger partial charge in [0.1, 0.15) is 18.1 Å². The molecule has 0 radical (unpaired) electrons. The second-order valence-electron chi connectivity index (χ2n) is 7.11. The molecule has 1 aromatic rings. The number of benzene rings is 1. The summed E-state index contributed by atoms with van der Waals surface area (Å²) in [5, 5.41) is 3.18. The van der Waals surface area contributed by atoms with Crippen molar-refractivity contribution in [3.63, 3.8) is 0 Å². The predicted octanol–water partition coefficient (Wildman–Crippen LogP) is 2.18. The summed E-state index contributed by atoms with van der Waals surface area (Å²) in [6, 6.07) is 7.41. The highest BCUT2D eigenvalue weighted by atomic mass is 32.2. The molecule has 0 saturated heterocycles. The third-order valence-electron chi connectivity index (χ3n) is 4.01. The Morgan fingerprint density at radius 2 is 1.78 bits per heavy atom. The van der Waals surface area contributed by atoms with Crippen molar-refractivity contribution in [1.29, 1.82) is 0 Å². The smallest absolute Gasteiger partial charge is 0.193 e. The molecular weight excluding hydrogens is 366 g/mol. The summed E-state index contributed by atoms with van der Waals surface area (Å²) in [5.41, 5.74) is 0. The average Bonchev–Trinajstić information content (AvgIpc) is 2.60. The summed E-state index contributed by atoms with van der Waals surface area (Å²) in [4.78, 5) is 6.37. The van der Waals surface area contributed by atoms with E-state index in [0.717, 1.165) is 11.5 Å². The molecule has 0 aliphatic carbocycles. The zero-order valence-corrected chi connectivity index (χ0v) is 18.1. The van der Waals surface area contributed by atoms with Crippen molar-refractivity contribution in [2.24, 2.45) is 4.99 Å². The first kappa shape index (κ1) is 23.1. The molecular formula is C19H33N3O4S. The molecule has 1 rings (SSSR count). The number of aliphatic imine (C=N–C) groups is 1. The number of ether oxygens (including phenoxy) is 2. The largest absolute Gasteiger partial charge is 0.497 e. The van der Waals surface area contributed by atoms with E-state index in [2.05, 4.69) is 10.3 Å². The predicted molar refractivity (Wildman–Crippen MR) is 111 cm³/mol.